The van der Waals surface area contributed by atoms with Crippen molar-refractivity contribution < 1.29 is 23.6 Å². The van der Waals surface area contributed by atoms with E-state index in [2.05, 4.69) is 15.8 Å². The second-order valence-electron chi connectivity index (χ2n) is 9.24. The van der Waals surface area contributed by atoms with Gasteiger partial charge in [0, 0.05) is 25.7 Å². The van der Waals surface area contributed by atoms with Crippen molar-refractivity contribution >= 4 is 18.0 Å². The summed E-state index contributed by atoms with van der Waals surface area (Å²) in [6, 6.07) is 1.77. The number of amides is 2. The molecule has 1 atom stereocenters. The summed E-state index contributed by atoms with van der Waals surface area (Å²) in [6.45, 7) is 13.8. The van der Waals surface area contributed by atoms with Gasteiger partial charge in [-0.25, -0.2) is 9.59 Å². The molecule has 2 N–H and O–H groups in total. The Morgan fingerprint density at radius 3 is 2.39 bits per heavy atom. The topological polar surface area (TPSA) is 106 Å². The Balaban J connectivity index is 2.10. The van der Waals surface area contributed by atoms with Crippen molar-refractivity contribution in [3.8, 4) is 0 Å². The lowest BCUT2D eigenvalue weighted by Crippen LogP contribution is -2.56. The number of aromatic nitrogens is 1. The van der Waals surface area contributed by atoms with E-state index in [9.17, 15) is 9.59 Å². The molecule has 1 aliphatic rings. The van der Waals surface area contributed by atoms with E-state index in [1.165, 1.54) is 0 Å². The fourth-order valence-corrected chi connectivity index (χ4v) is 2.87. The van der Waals surface area contributed by atoms with Crippen LogP contribution in [0.2, 0.25) is 0 Å². The first-order valence-electron chi connectivity index (χ1n) is 9.43. The summed E-state index contributed by atoms with van der Waals surface area (Å²) in [7, 11) is 0. The van der Waals surface area contributed by atoms with Crippen LogP contribution < -0.4 is 10.6 Å². The number of carbonyl (C=O) groups is 2. The van der Waals surface area contributed by atoms with Crippen molar-refractivity contribution in [3.05, 3.63) is 11.8 Å². The van der Waals surface area contributed by atoms with Crippen LogP contribution in [0, 0.1) is 6.92 Å². The van der Waals surface area contributed by atoms with E-state index in [-0.39, 0.29) is 0 Å². The normalized spacial score (nSPS) is 20.0. The smallest absolute Gasteiger partial charge is 0.410 e. The Hall–Kier alpha value is -2.45. The van der Waals surface area contributed by atoms with Crippen LogP contribution in [0.25, 0.3) is 0 Å². The number of aryl methyl sites for hydroxylation is 1. The number of rotatable bonds is 4. The summed E-state index contributed by atoms with van der Waals surface area (Å²) < 4.78 is 15.9. The molecule has 1 fully saturated rings. The van der Waals surface area contributed by atoms with E-state index < -0.39 is 28.9 Å². The molecule has 2 heterocycles. The highest BCUT2D eigenvalue weighted by Gasteiger charge is 2.43. The summed E-state index contributed by atoms with van der Waals surface area (Å²) in [5.41, 5.74) is -1.92. The van der Waals surface area contributed by atoms with Gasteiger partial charge >= 0.3 is 12.2 Å². The van der Waals surface area contributed by atoms with Gasteiger partial charge in [-0.1, -0.05) is 5.16 Å². The molecule has 1 aliphatic heterocycles. The quantitative estimate of drug-likeness (QED) is 0.804. The lowest BCUT2D eigenvalue weighted by atomic mass is 9.98. The molecule has 1 unspecified atom stereocenters. The molecule has 0 saturated carbocycles. The minimum absolute atomic E-state index is 0.297. The van der Waals surface area contributed by atoms with Crippen LogP contribution in [0.5, 0.6) is 0 Å². The average molecular weight is 396 g/mol. The molecule has 2 rings (SSSR count). The summed E-state index contributed by atoms with van der Waals surface area (Å²) >= 11 is 0. The fourth-order valence-electron chi connectivity index (χ4n) is 2.87. The Labute approximate surface area is 166 Å². The van der Waals surface area contributed by atoms with Gasteiger partial charge in [-0.2, -0.15) is 0 Å². The minimum atomic E-state index is -0.716. The van der Waals surface area contributed by atoms with Gasteiger partial charge in [0.15, 0.2) is 5.82 Å². The summed E-state index contributed by atoms with van der Waals surface area (Å²) in [5.74, 6) is 1.25. The first kappa shape index (κ1) is 21.8. The van der Waals surface area contributed by atoms with E-state index in [4.69, 9.17) is 14.0 Å². The molecule has 158 valence electrons. The van der Waals surface area contributed by atoms with Gasteiger partial charge in [-0.15, -0.1) is 0 Å². The summed E-state index contributed by atoms with van der Waals surface area (Å²) in [6.07, 6.45) is -0.385. The molecule has 1 aromatic rings. The Kier molecular flexibility index (Phi) is 6.15. The molecular weight excluding hydrogens is 364 g/mol. The molecule has 1 aromatic heterocycles. The molecule has 9 nitrogen and oxygen atoms in total. The van der Waals surface area contributed by atoms with Crippen LogP contribution in [0.3, 0.4) is 0 Å². The molecule has 1 saturated heterocycles. The van der Waals surface area contributed by atoms with Crippen molar-refractivity contribution in [2.45, 2.75) is 71.6 Å². The summed E-state index contributed by atoms with van der Waals surface area (Å²) in [5, 5.41) is 10.0. The van der Waals surface area contributed by atoms with Gasteiger partial charge in [-0.05, 0) is 54.9 Å². The number of hydrogen-bond donors (Lipinski definition) is 2. The van der Waals surface area contributed by atoms with Gasteiger partial charge in [0.25, 0.3) is 0 Å². The van der Waals surface area contributed by atoms with Crippen LogP contribution in [-0.4, -0.2) is 58.6 Å². The van der Waals surface area contributed by atoms with Gasteiger partial charge in [-0.3, -0.25) is 0 Å². The zero-order valence-corrected chi connectivity index (χ0v) is 17.8. The standard InChI is InChI=1S/C19H32N4O5/c1-13-10-14(22-28-13)20-11-19(21-15(24)26-17(2,3)4)8-9-23(12-19)16(25)27-18(5,6)7/h10H,8-9,11-12H2,1-7H3,(H,20,22)(H,21,24). The molecule has 0 aliphatic carbocycles. The van der Waals surface area contributed by atoms with Gasteiger partial charge in [0.05, 0.1) is 5.54 Å². The van der Waals surface area contributed by atoms with E-state index in [0.29, 0.717) is 37.6 Å². The number of carbonyl (C=O) groups excluding carboxylic acids is 2. The van der Waals surface area contributed by atoms with Crippen molar-refractivity contribution in [1.29, 1.82) is 0 Å². The third-order valence-corrected chi connectivity index (χ3v) is 4.01. The molecule has 0 spiro atoms. The van der Waals surface area contributed by atoms with Crippen LogP contribution >= 0.6 is 0 Å². The summed E-state index contributed by atoms with van der Waals surface area (Å²) in [4.78, 5) is 26.5. The number of alkyl carbamates (subject to hydrolysis) is 1. The number of hydrogen-bond acceptors (Lipinski definition) is 7. The number of anilines is 1. The third-order valence-electron chi connectivity index (χ3n) is 4.01. The molecule has 28 heavy (non-hydrogen) atoms. The lowest BCUT2D eigenvalue weighted by Gasteiger charge is -2.32. The number of nitrogens with zero attached hydrogens (tertiary/aromatic N) is 2. The van der Waals surface area contributed by atoms with E-state index in [1.54, 1.807) is 38.7 Å². The predicted octanol–water partition coefficient (Wildman–Crippen LogP) is 3.30. The van der Waals surface area contributed by atoms with Gasteiger partial charge < -0.3 is 29.5 Å². The fraction of sp³-hybridized carbons (Fsp3) is 0.737. The highest BCUT2D eigenvalue weighted by molar-refractivity contribution is 5.71. The van der Waals surface area contributed by atoms with Crippen LogP contribution in [0.1, 0.15) is 53.7 Å². The second kappa shape index (κ2) is 7.89. The van der Waals surface area contributed by atoms with Gasteiger partial charge in [0.2, 0.25) is 0 Å². The minimum Gasteiger partial charge on any atom is -0.444 e. The molecular formula is C19H32N4O5. The Morgan fingerprint density at radius 1 is 1.21 bits per heavy atom. The lowest BCUT2D eigenvalue weighted by molar-refractivity contribution is 0.0265. The maximum atomic E-state index is 12.5. The second-order valence-corrected chi connectivity index (χ2v) is 9.24. The van der Waals surface area contributed by atoms with Crippen LogP contribution in [0.15, 0.2) is 10.6 Å². The van der Waals surface area contributed by atoms with Crippen LogP contribution in [0.4, 0.5) is 15.4 Å². The maximum absolute atomic E-state index is 12.5. The Bertz CT molecular complexity index is 704. The van der Waals surface area contributed by atoms with Crippen molar-refractivity contribution in [1.82, 2.24) is 15.4 Å². The largest absolute Gasteiger partial charge is 0.444 e. The molecule has 2 amide bonds. The number of likely N-dealkylation sites (tertiary alicyclic amines) is 1. The zero-order valence-electron chi connectivity index (χ0n) is 17.8. The van der Waals surface area contributed by atoms with Crippen molar-refractivity contribution in [3.63, 3.8) is 0 Å². The highest BCUT2D eigenvalue weighted by Crippen LogP contribution is 2.25. The van der Waals surface area contributed by atoms with E-state index >= 15 is 0 Å². The zero-order chi connectivity index (χ0) is 21.2. The molecule has 0 aromatic carbocycles. The SMILES string of the molecule is Cc1cc(NCC2(NC(=O)OC(C)(C)C)CCN(C(=O)OC(C)(C)C)C2)no1. The number of ether oxygens (including phenoxy) is 2. The van der Waals surface area contributed by atoms with Crippen molar-refractivity contribution in [2.24, 2.45) is 0 Å². The molecule has 0 radical (unpaired) electrons. The van der Waals surface area contributed by atoms with Crippen molar-refractivity contribution in [2.75, 3.05) is 25.0 Å². The van der Waals surface area contributed by atoms with E-state index in [0.717, 1.165) is 0 Å². The highest BCUT2D eigenvalue weighted by atomic mass is 16.6. The Morgan fingerprint density at radius 2 is 1.86 bits per heavy atom. The molecule has 9 heteroatoms. The third kappa shape index (κ3) is 6.61. The first-order valence-corrected chi connectivity index (χ1v) is 9.43. The van der Waals surface area contributed by atoms with E-state index in [1.807, 2.05) is 20.8 Å². The van der Waals surface area contributed by atoms with Crippen LogP contribution in [-0.2, 0) is 9.47 Å². The monoisotopic (exact) mass is 396 g/mol. The van der Waals surface area contributed by atoms with Gasteiger partial charge in [0.1, 0.15) is 17.0 Å². The average Bonchev–Trinajstić information content (AvgIpc) is 3.08. The predicted molar refractivity (Wildman–Crippen MR) is 104 cm³/mol. The number of nitrogens with one attached hydrogen (secondary N) is 2. The first-order chi connectivity index (χ1) is 12.8. The molecule has 0 bridgehead atoms. The maximum Gasteiger partial charge on any atom is 0.410 e.